The highest BCUT2D eigenvalue weighted by molar-refractivity contribution is 5.82. The van der Waals surface area contributed by atoms with Gasteiger partial charge in [0.05, 0.1) is 5.52 Å². The fraction of sp³-hybridized carbons (Fsp3) is 0.400. The van der Waals surface area contributed by atoms with Crippen molar-refractivity contribution in [2.45, 2.75) is 39.5 Å². The maximum Gasteiger partial charge on any atom is 0.0708 e. The van der Waals surface area contributed by atoms with E-state index in [9.17, 15) is 0 Å². The second-order valence-corrected chi connectivity index (χ2v) is 4.29. The van der Waals surface area contributed by atoms with Gasteiger partial charge in [-0.15, -0.1) is 0 Å². The maximum atomic E-state index is 4.71. The number of para-hydroxylation sites is 1. The summed E-state index contributed by atoms with van der Waals surface area (Å²) in [4.78, 5) is 4.71. The van der Waals surface area contributed by atoms with Crippen molar-refractivity contribution in [3.05, 3.63) is 41.6 Å². The van der Waals surface area contributed by atoms with Gasteiger partial charge in [-0.3, -0.25) is 4.98 Å². The van der Waals surface area contributed by atoms with E-state index in [1.165, 1.54) is 23.1 Å². The van der Waals surface area contributed by atoms with Crippen LogP contribution in [-0.4, -0.2) is 4.98 Å². The van der Waals surface area contributed by atoms with Crippen molar-refractivity contribution in [1.29, 1.82) is 0 Å². The van der Waals surface area contributed by atoms with Gasteiger partial charge in [-0.1, -0.05) is 44.9 Å². The number of nitrogens with zero attached hydrogens (tertiary/aromatic N) is 1. The van der Waals surface area contributed by atoms with E-state index in [1.807, 2.05) is 0 Å². The van der Waals surface area contributed by atoms with E-state index < -0.39 is 0 Å². The van der Waals surface area contributed by atoms with Gasteiger partial charge in [0, 0.05) is 11.1 Å². The summed E-state index contributed by atoms with van der Waals surface area (Å²) in [5, 5.41) is 1.32. The van der Waals surface area contributed by atoms with Gasteiger partial charge in [-0.2, -0.15) is 0 Å². The van der Waals surface area contributed by atoms with Gasteiger partial charge in [0.2, 0.25) is 0 Å². The molecule has 0 fully saturated rings. The van der Waals surface area contributed by atoms with Crippen molar-refractivity contribution in [2.75, 3.05) is 0 Å². The third-order valence-electron chi connectivity index (χ3n) is 2.88. The van der Waals surface area contributed by atoms with E-state index in [2.05, 4.69) is 44.2 Å². The molecule has 0 aliphatic rings. The molecule has 0 aliphatic carbocycles. The zero-order chi connectivity index (χ0) is 11.4. The second-order valence-electron chi connectivity index (χ2n) is 4.29. The molecule has 0 spiro atoms. The molecule has 0 atom stereocenters. The van der Waals surface area contributed by atoms with Crippen molar-refractivity contribution in [2.24, 2.45) is 0 Å². The molecule has 1 nitrogen and oxygen atoms in total. The Morgan fingerprint density at radius 1 is 1.00 bits per heavy atom. The molecule has 0 bridgehead atoms. The normalized spacial score (nSPS) is 10.9. The highest BCUT2D eigenvalue weighted by Gasteiger charge is 2.04. The lowest BCUT2D eigenvalue weighted by Gasteiger charge is -2.08. The van der Waals surface area contributed by atoms with Gasteiger partial charge in [-0.25, -0.2) is 0 Å². The summed E-state index contributed by atoms with van der Waals surface area (Å²) in [5.74, 6) is 0. The Bertz CT molecular complexity index is 474. The van der Waals surface area contributed by atoms with Crippen molar-refractivity contribution < 1.29 is 0 Å². The van der Waals surface area contributed by atoms with E-state index in [0.717, 1.165) is 24.8 Å². The molecular weight excluding hydrogens is 194 g/mol. The Hall–Kier alpha value is -1.37. The van der Waals surface area contributed by atoms with Crippen LogP contribution in [0.25, 0.3) is 10.9 Å². The van der Waals surface area contributed by atoms with Crippen molar-refractivity contribution in [1.82, 2.24) is 4.98 Å². The van der Waals surface area contributed by atoms with E-state index in [0.29, 0.717) is 0 Å². The Balaban J connectivity index is 2.54. The molecular formula is C15H19N. The number of hydrogen-bond acceptors (Lipinski definition) is 1. The van der Waals surface area contributed by atoms with Gasteiger partial charge >= 0.3 is 0 Å². The number of rotatable bonds is 4. The highest BCUT2D eigenvalue weighted by atomic mass is 14.7. The van der Waals surface area contributed by atoms with Crippen LogP contribution in [0.15, 0.2) is 30.3 Å². The molecule has 84 valence electrons. The van der Waals surface area contributed by atoms with Crippen LogP contribution in [0.3, 0.4) is 0 Å². The van der Waals surface area contributed by atoms with Crippen molar-refractivity contribution >= 4 is 10.9 Å². The summed E-state index contributed by atoms with van der Waals surface area (Å²) < 4.78 is 0. The molecule has 0 N–H and O–H groups in total. The number of benzene rings is 1. The minimum Gasteiger partial charge on any atom is -0.253 e. The third kappa shape index (κ3) is 2.24. The van der Waals surface area contributed by atoms with Crippen LogP contribution in [0.4, 0.5) is 0 Å². The number of aromatic nitrogens is 1. The van der Waals surface area contributed by atoms with Crippen molar-refractivity contribution in [3.8, 4) is 0 Å². The molecule has 1 heterocycles. The lowest BCUT2D eigenvalue weighted by molar-refractivity contribution is 0.874. The Labute approximate surface area is 97.5 Å². The first-order valence-corrected chi connectivity index (χ1v) is 6.22. The average molecular weight is 213 g/mol. The molecule has 0 amide bonds. The average Bonchev–Trinajstić information content (AvgIpc) is 2.30. The van der Waals surface area contributed by atoms with Crippen LogP contribution in [0.1, 0.15) is 37.9 Å². The predicted octanol–water partition coefficient (Wildman–Crippen LogP) is 4.14. The molecule has 0 unspecified atom stereocenters. The summed E-state index contributed by atoms with van der Waals surface area (Å²) >= 11 is 0. The summed E-state index contributed by atoms with van der Waals surface area (Å²) in [6, 6.07) is 10.8. The molecule has 0 saturated carbocycles. The molecule has 0 saturated heterocycles. The Morgan fingerprint density at radius 3 is 2.50 bits per heavy atom. The van der Waals surface area contributed by atoms with Crippen LogP contribution in [0.5, 0.6) is 0 Å². The quantitative estimate of drug-likeness (QED) is 0.743. The standard InChI is InChI=1S/C15H19N/c1-3-7-12-11-13(8-4-2)16-15-10-6-5-9-14(12)15/h5-6,9-11H,3-4,7-8H2,1-2H3. The van der Waals surface area contributed by atoms with Crippen LogP contribution in [0.2, 0.25) is 0 Å². The van der Waals surface area contributed by atoms with E-state index in [4.69, 9.17) is 4.98 Å². The monoisotopic (exact) mass is 213 g/mol. The van der Waals surface area contributed by atoms with Gasteiger partial charge in [0.15, 0.2) is 0 Å². The molecule has 1 heteroatoms. The minimum atomic E-state index is 1.08. The van der Waals surface area contributed by atoms with Crippen molar-refractivity contribution in [3.63, 3.8) is 0 Å². The topological polar surface area (TPSA) is 12.9 Å². The number of fused-ring (bicyclic) bond motifs is 1. The first kappa shape index (κ1) is 11.1. The summed E-state index contributed by atoms with van der Waals surface area (Å²) in [6.07, 6.45) is 4.60. The van der Waals surface area contributed by atoms with E-state index in [1.54, 1.807) is 0 Å². The number of pyridine rings is 1. The van der Waals surface area contributed by atoms with Gasteiger partial charge in [-0.05, 0) is 30.5 Å². The SMILES string of the molecule is CCCc1cc(CCC)c2ccccc2n1. The Kier molecular flexibility index (Phi) is 3.55. The fourth-order valence-corrected chi connectivity index (χ4v) is 2.17. The molecule has 2 rings (SSSR count). The number of aryl methyl sites for hydroxylation is 2. The lowest BCUT2D eigenvalue weighted by atomic mass is 10.0. The zero-order valence-electron chi connectivity index (χ0n) is 10.2. The molecule has 2 aromatic rings. The second kappa shape index (κ2) is 5.11. The lowest BCUT2D eigenvalue weighted by Crippen LogP contribution is -1.95. The first-order valence-electron chi connectivity index (χ1n) is 6.22. The first-order chi connectivity index (χ1) is 7.85. The predicted molar refractivity (Wildman–Crippen MR) is 69.7 cm³/mol. The molecule has 0 radical (unpaired) electrons. The molecule has 1 aromatic carbocycles. The van der Waals surface area contributed by atoms with Gasteiger partial charge in [0.25, 0.3) is 0 Å². The van der Waals surface area contributed by atoms with E-state index in [-0.39, 0.29) is 0 Å². The highest BCUT2D eigenvalue weighted by Crippen LogP contribution is 2.20. The maximum absolute atomic E-state index is 4.71. The van der Waals surface area contributed by atoms with Crippen LogP contribution in [0, 0.1) is 0 Å². The third-order valence-corrected chi connectivity index (χ3v) is 2.88. The molecule has 0 aliphatic heterocycles. The minimum absolute atomic E-state index is 1.08. The van der Waals surface area contributed by atoms with Gasteiger partial charge < -0.3 is 0 Å². The summed E-state index contributed by atoms with van der Waals surface area (Å²) in [7, 11) is 0. The van der Waals surface area contributed by atoms with E-state index >= 15 is 0 Å². The largest absolute Gasteiger partial charge is 0.253 e. The van der Waals surface area contributed by atoms with Crippen LogP contribution >= 0.6 is 0 Å². The molecule has 16 heavy (non-hydrogen) atoms. The van der Waals surface area contributed by atoms with Crippen LogP contribution in [-0.2, 0) is 12.8 Å². The smallest absolute Gasteiger partial charge is 0.0708 e. The zero-order valence-corrected chi connectivity index (χ0v) is 10.2. The summed E-state index contributed by atoms with van der Waals surface area (Å²) in [5.41, 5.74) is 3.85. The fourth-order valence-electron chi connectivity index (χ4n) is 2.17. The van der Waals surface area contributed by atoms with Crippen LogP contribution < -0.4 is 0 Å². The Morgan fingerprint density at radius 2 is 1.75 bits per heavy atom. The van der Waals surface area contributed by atoms with Gasteiger partial charge in [0.1, 0.15) is 0 Å². The number of hydrogen-bond donors (Lipinski definition) is 0. The summed E-state index contributed by atoms with van der Waals surface area (Å²) in [6.45, 7) is 4.44. The molecule has 1 aromatic heterocycles.